The average Bonchev–Trinajstić information content (AvgIpc) is 2.91. The molecule has 0 aromatic heterocycles. The molecular weight excluding hydrogens is 244 g/mol. The van der Waals surface area contributed by atoms with Crippen molar-refractivity contribution < 1.29 is 4.74 Å². The number of amidine groups is 1. The predicted molar refractivity (Wildman–Crippen MR) is 78.7 cm³/mol. The number of benzene rings is 1. The topological polar surface area (TPSA) is 33.6 Å². The van der Waals surface area contributed by atoms with Gasteiger partial charge in [0.15, 0.2) is 0 Å². The molecule has 0 fully saturated rings. The van der Waals surface area contributed by atoms with Crippen molar-refractivity contribution in [1.29, 1.82) is 0 Å². The molecule has 1 aliphatic rings. The second-order valence-corrected chi connectivity index (χ2v) is 5.23. The van der Waals surface area contributed by atoms with E-state index in [4.69, 9.17) is 4.74 Å². The number of hydrogen-bond acceptors (Lipinski definition) is 4. The Balaban J connectivity index is 1.72. The third-order valence-corrected chi connectivity index (χ3v) is 3.66. The molecule has 1 heterocycles. The standard InChI is InChI=1S/C14H20N2OS/c1-2-9-17-13-5-3-12(4-6-13)10-18-11-14-15-7-8-16-14/h3-6H,2,7-11H2,1H3,(H,15,16). The molecule has 1 aromatic carbocycles. The minimum absolute atomic E-state index is 0.791. The van der Waals surface area contributed by atoms with Crippen molar-refractivity contribution in [3.8, 4) is 5.75 Å². The van der Waals surface area contributed by atoms with Crippen LogP contribution in [-0.2, 0) is 5.75 Å². The second-order valence-electron chi connectivity index (χ2n) is 4.24. The quantitative estimate of drug-likeness (QED) is 0.822. The van der Waals surface area contributed by atoms with Gasteiger partial charge in [-0.1, -0.05) is 19.1 Å². The van der Waals surface area contributed by atoms with Gasteiger partial charge in [-0.3, -0.25) is 4.99 Å². The highest BCUT2D eigenvalue weighted by Gasteiger charge is 2.04. The van der Waals surface area contributed by atoms with Crippen LogP contribution in [-0.4, -0.2) is 31.3 Å². The van der Waals surface area contributed by atoms with Gasteiger partial charge in [0.05, 0.1) is 18.9 Å². The van der Waals surface area contributed by atoms with Crippen LogP contribution < -0.4 is 10.1 Å². The Morgan fingerprint density at radius 2 is 2.11 bits per heavy atom. The van der Waals surface area contributed by atoms with Crippen LogP contribution in [0.4, 0.5) is 0 Å². The van der Waals surface area contributed by atoms with Gasteiger partial charge in [0, 0.05) is 12.3 Å². The number of aliphatic imine (C=N–C) groups is 1. The molecule has 0 aliphatic carbocycles. The van der Waals surface area contributed by atoms with Crippen molar-refractivity contribution in [2.24, 2.45) is 4.99 Å². The van der Waals surface area contributed by atoms with Crippen molar-refractivity contribution in [1.82, 2.24) is 5.32 Å². The second kappa shape index (κ2) is 7.31. The molecule has 1 aliphatic heterocycles. The number of hydrogen-bond donors (Lipinski definition) is 1. The molecule has 3 nitrogen and oxygen atoms in total. The van der Waals surface area contributed by atoms with Gasteiger partial charge < -0.3 is 10.1 Å². The zero-order chi connectivity index (χ0) is 12.6. The summed E-state index contributed by atoms with van der Waals surface area (Å²) in [5, 5.41) is 3.28. The normalized spacial score (nSPS) is 14.2. The summed E-state index contributed by atoms with van der Waals surface area (Å²) < 4.78 is 5.56. The Hall–Kier alpha value is -1.16. The van der Waals surface area contributed by atoms with E-state index >= 15 is 0 Å². The highest BCUT2D eigenvalue weighted by atomic mass is 32.2. The summed E-state index contributed by atoms with van der Waals surface area (Å²) in [6, 6.07) is 8.39. The van der Waals surface area contributed by atoms with Crippen molar-refractivity contribution in [3.63, 3.8) is 0 Å². The fourth-order valence-corrected chi connectivity index (χ4v) is 2.63. The van der Waals surface area contributed by atoms with E-state index < -0.39 is 0 Å². The smallest absolute Gasteiger partial charge is 0.119 e. The third kappa shape index (κ3) is 4.26. The first kappa shape index (κ1) is 13.3. The molecule has 0 saturated heterocycles. The van der Waals surface area contributed by atoms with Gasteiger partial charge in [-0.25, -0.2) is 0 Å². The van der Waals surface area contributed by atoms with E-state index in [0.717, 1.165) is 49.2 Å². The summed E-state index contributed by atoms with van der Waals surface area (Å²) in [6.45, 7) is 4.84. The maximum Gasteiger partial charge on any atom is 0.119 e. The monoisotopic (exact) mass is 264 g/mol. The van der Waals surface area contributed by atoms with Gasteiger partial charge >= 0.3 is 0 Å². The van der Waals surface area contributed by atoms with E-state index in [1.54, 1.807) is 0 Å². The van der Waals surface area contributed by atoms with E-state index in [1.807, 2.05) is 11.8 Å². The van der Waals surface area contributed by atoms with Gasteiger partial charge in [-0.2, -0.15) is 0 Å². The number of thioether (sulfide) groups is 1. The molecular formula is C14H20N2OS. The maximum absolute atomic E-state index is 5.56. The molecule has 0 bridgehead atoms. The van der Waals surface area contributed by atoms with E-state index in [-0.39, 0.29) is 0 Å². The van der Waals surface area contributed by atoms with Crippen LogP contribution in [0.25, 0.3) is 0 Å². The first-order valence-electron chi connectivity index (χ1n) is 6.45. The summed E-state index contributed by atoms with van der Waals surface area (Å²) in [5.74, 6) is 4.11. The van der Waals surface area contributed by atoms with Crippen LogP contribution in [0, 0.1) is 0 Å². The van der Waals surface area contributed by atoms with E-state index in [0.29, 0.717) is 0 Å². The lowest BCUT2D eigenvalue weighted by Gasteiger charge is -2.06. The molecule has 0 radical (unpaired) electrons. The van der Waals surface area contributed by atoms with Crippen molar-refractivity contribution in [2.75, 3.05) is 25.4 Å². The first-order valence-corrected chi connectivity index (χ1v) is 7.60. The molecule has 2 rings (SSSR count). The van der Waals surface area contributed by atoms with Gasteiger partial charge in [-0.05, 0) is 24.1 Å². The first-order chi connectivity index (χ1) is 8.88. The van der Waals surface area contributed by atoms with E-state index in [9.17, 15) is 0 Å². The van der Waals surface area contributed by atoms with Crippen LogP contribution in [0.15, 0.2) is 29.3 Å². The molecule has 1 aromatic rings. The third-order valence-electron chi connectivity index (χ3n) is 2.65. The summed E-state index contributed by atoms with van der Waals surface area (Å²) in [5.41, 5.74) is 1.34. The van der Waals surface area contributed by atoms with Gasteiger partial charge in [-0.15, -0.1) is 11.8 Å². The zero-order valence-corrected chi connectivity index (χ0v) is 11.6. The van der Waals surface area contributed by atoms with Crippen LogP contribution in [0.2, 0.25) is 0 Å². The average molecular weight is 264 g/mol. The molecule has 18 heavy (non-hydrogen) atoms. The summed E-state index contributed by atoms with van der Waals surface area (Å²) >= 11 is 1.89. The molecule has 1 N–H and O–H groups in total. The van der Waals surface area contributed by atoms with Gasteiger partial charge in [0.2, 0.25) is 0 Å². The van der Waals surface area contributed by atoms with E-state index in [2.05, 4.69) is 41.5 Å². The molecule has 4 heteroatoms. The largest absolute Gasteiger partial charge is 0.494 e. The fraction of sp³-hybridized carbons (Fsp3) is 0.500. The van der Waals surface area contributed by atoms with Crippen molar-refractivity contribution in [3.05, 3.63) is 29.8 Å². The lowest BCUT2D eigenvalue weighted by atomic mass is 10.2. The lowest BCUT2D eigenvalue weighted by molar-refractivity contribution is 0.317. The highest BCUT2D eigenvalue weighted by molar-refractivity contribution is 7.99. The molecule has 0 unspecified atom stereocenters. The predicted octanol–water partition coefficient (Wildman–Crippen LogP) is 2.71. The van der Waals surface area contributed by atoms with Crippen LogP contribution in [0.5, 0.6) is 5.75 Å². The number of ether oxygens (including phenoxy) is 1. The Morgan fingerprint density at radius 1 is 1.28 bits per heavy atom. The Morgan fingerprint density at radius 3 is 2.78 bits per heavy atom. The summed E-state index contributed by atoms with van der Waals surface area (Å²) in [6.07, 6.45) is 1.05. The number of nitrogens with zero attached hydrogens (tertiary/aromatic N) is 1. The highest BCUT2D eigenvalue weighted by Crippen LogP contribution is 2.17. The molecule has 98 valence electrons. The van der Waals surface area contributed by atoms with Gasteiger partial charge in [0.1, 0.15) is 11.6 Å². The fourth-order valence-electron chi connectivity index (χ4n) is 1.71. The van der Waals surface area contributed by atoms with Crippen LogP contribution >= 0.6 is 11.8 Å². The zero-order valence-electron chi connectivity index (χ0n) is 10.8. The minimum atomic E-state index is 0.791. The maximum atomic E-state index is 5.56. The molecule has 0 atom stereocenters. The summed E-state index contributed by atoms with van der Waals surface area (Å²) in [7, 11) is 0. The Kier molecular flexibility index (Phi) is 5.39. The van der Waals surface area contributed by atoms with Crippen LogP contribution in [0.3, 0.4) is 0 Å². The molecule has 0 spiro atoms. The lowest BCUT2D eigenvalue weighted by Crippen LogP contribution is -2.20. The van der Waals surface area contributed by atoms with Crippen molar-refractivity contribution in [2.45, 2.75) is 19.1 Å². The van der Waals surface area contributed by atoms with E-state index in [1.165, 1.54) is 5.56 Å². The number of nitrogens with one attached hydrogen (secondary N) is 1. The molecule has 0 saturated carbocycles. The number of rotatable bonds is 7. The Labute approximate surface area is 113 Å². The van der Waals surface area contributed by atoms with Crippen LogP contribution in [0.1, 0.15) is 18.9 Å². The Bertz CT molecular complexity index is 389. The minimum Gasteiger partial charge on any atom is -0.494 e. The van der Waals surface area contributed by atoms with Gasteiger partial charge in [0.25, 0.3) is 0 Å². The van der Waals surface area contributed by atoms with Crippen molar-refractivity contribution >= 4 is 17.6 Å². The SMILES string of the molecule is CCCOc1ccc(CSCC2=NCCN2)cc1. The molecule has 0 amide bonds. The summed E-state index contributed by atoms with van der Waals surface area (Å²) in [4.78, 5) is 4.38.